The summed E-state index contributed by atoms with van der Waals surface area (Å²) >= 11 is 1.56. The van der Waals surface area contributed by atoms with Crippen LogP contribution in [0.2, 0.25) is 0 Å². The van der Waals surface area contributed by atoms with Crippen LogP contribution in [0.4, 0.5) is 5.69 Å². The van der Waals surface area contributed by atoms with Gasteiger partial charge in [0.15, 0.2) is 0 Å². The molecule has 2 aromatic carbocycles. The van der Waals surface area contributed by atoms with Gasteiger partial charge >= 0.3 is 0 Å². The van der Waals surface area contributed by atoms with E-state index < -0.39 is 10.0 Å². The number of nitrogens with one attached hydrogen (secondary N) is 2. The van der Waals surface area contributed by atoms with Crippen LogP contribution in [0.1, 0.15) is 25.8 Å². The zero-order chi connectivity index (χ0) is 19.4. The van der Waals surface area contributed by atoms with Crippen LogP contribution in [0.3, 0.4) is 0 Å². The lowest BCUT2D eigenvalue weighted by atomic mass is 10.2. The van der Waals surface area contributed by atoms with Crippen molar-refractivity contribution in [2.45, 2.75) is 41.9 Å². The average Bonchev–Trinajstić information content (AvgIpc) is 2.77. The summed E-state index contributed by atoms with van der Waals surface area (Å²) in [6.45, 7) is 4.63. The summed E-state index contributed by atoms with van der Waals surface area (Å²) in [5, 5.41) is 2.94. The second kappa shape index (κ2) is 8.33. The molecule has 27 heavy (non-hydrogen) atoms. The number of amides is 1. The maximum atomic E-state index is 12.6. The summed E-state index contributed by atoms with van der Waals surface area (Å²) in [7, 11) is -3.70. The zero-order valence-corrected chi connectivity index (χ0v) is 16.8. The van der Waals surface area contributed by atoms with Crippen LogP contribution >= 0.6 is 11.8 Å². The molecule has 2 N–H and O–H groups in total. The molecule has 1 unspecified atom stereocenters. The van der Waals surface area contributed by atoms with E-state index in [1.54, 1.807) is 23.9 Å². The van der Waals surface area contributed by atoms with Gasteiger partial charge in [-0.15, -0.1) is 11.8 Å². The summed E-state index contributed by atoms with van der Waals surface area (Å²) in [4.78, 5) is 12.9. The normalized spacial score (nSPS) is 17.0. The van der Waals surface area contributed by atoms with Gasteiger partial charge in [-0.2, -0.15) is 0 Å². The third-order valence-electron chi connectivity index (χ3n) is 4.04. The Bertz CT molecular complexity index is 927. The number of benzene rings is 2. The van der Waals surface area contributed by atoms with E-state index >= 15 is 0 Å². The Morgan fingerprint density at radius 3 is 2.67 bits per heavy atom. The Morgan fingerprint density at radius 2 is 1.96 bits per heavy atom. The topological polar surface area (TPSA) is 84.5 Å². The molecule has 1 heterocycles. The Hall–Kier alpha value is -2.03. The fourth-order valence-electron chi connectivity index (χ4n) is 2.73. The number of ether oxygens (including phenoxy) is 1. The Kier molecular flexibility index (Phi) is 6.08. The summed E-state index contributed by atoms with van der Waals surface area (Å²) in [6, 6.07) is 12.1. The predicted molar refractivity (Wildman–Crippen MR) is 107 cm³/mol. The van der Waals surface area contributed by atoms with Gasteiger partial charge in [0.25, 0.3) is 0 Å². The van der Waals surface area contributed by atoms with Gasteiger partial charge in [0.05, 0.1) is 17.2 Å². The van der Waals surface area contributed by atoms with Crippen LogP contribution in [-0.4, -0.2) is 26.2 Å². The first kappa shape index (κ1) is 19.7. The average molecular weight is 407 g/mol. The number of rotatable bonds is 6. The number of anilines is 1. The summed E-state index contributed by atoms with van der Waals surface area (Å²) in [5.74, 6) is 0.642. The van der Waals surface area contributed by atoms with Crippen molar-refractivity contribution in [2.75, 3.05) is 11.9 Å². The van der Waals surface area contributed by atoms with Crippen molar-refractivity contribution in [2.24, 2.45) is 0 Å². The molecule has 8 heteroatoms. The van der Waals surface area contributed by atoms with Gasteiger partial charge < -0.3 is 10.1 Å². The van der Waals surface area contributed by atoms with Crippen LogP contribution in [-0.2, 0) is 21.4 Å². The van der Waals surface area contributed by atoms with Crippen LogP contribution < -0.4 is 14.8 Å². The number of hydrogen-bond donors (Lipinski definition) is 2. The molecular formula is C19H22N2O4S2. The van der Waals surface area contributed by atoms with Crippen molar-refractivity contribution < 1.29 is 17.9 Å². The highest BCUT2D eigenvalue weighted by Gasteiger charge is 2.22. The zero-order valence-electron chi connectivity index (χ0n) is 15.2. The molecule has 2 aromatic rings. The Balaban J connectivity index is 1.74. The van der Waals surface area contributed by atoms with Crippen LogP contribution in [0, 0.1) is 0 Å². The maximum Gasteiger partial charge on any atom is 0.240 e. The highest BCUT2D eigenvalue weighted by molar-refractivity contribution is 8.00. The quantitative estimate of drug-likeness (QED) is 0.768. The number of sulfonamides is 1. The third kappa shape index (κ3) is 5.03. The SMILES string of the molecule is CCOc1ccc(CNS(=O)(=O)c2ccc3c(c2)NC(=O)CC(C)S3)cc1. The smallest absolute Gasteiger partial charge is 0.240 e. The number of carbonyl (C=O) groups excluding carboxylic acids is 1. The number of thioether (sulfide) groups is 1. The minimum Gasteiger partial charge on any atom is -0.494 e. The van der Waals surface area contributed by atoms with Gasteiger partial charge in [-0.05, 0) is 42.8 Å². The Labute approximate surface area is 163 Å². The van der Waals surface area contributed by atoms with Crippen molar-refractivity contribution in [3.05, 3.63) is 48.0 Å². The molecule has 6 nitrogen and oxygen atoms in total. The molecule has 0 bridgehead atoms. The van der Waals surface area contributed by atoms with Gasteiger partial charge in [-0.25, -0.2) is 13.1 Å². The molecule has 0 saturated carbocycles. The molecule has 0 fully saturated rings. The van der Waals surface area contributed by atoms with E-state index in [4.69, 9.17) is 4.74 Å². The van der Waals surface area contributed by atoms with E-state index in [0.29, 0.717) is 18.7 Å². The molecule has 144 valence electrons. The van der Waals surface area contributed by atoms with Crippen LogP contribution in [0.25, 0.3) is 0 Å². The van der Waals surface area contributed by atoms with Gasteiger partial charge in [-0.3, -0.25) is 4.79 Å². The monoisotopic (exact) mass is 406 g/mol. The van der Waals surface area contributed by atoms with Gasteiger partial charge in [0, 0.05) is 23.1 Å². The first-order chi connectivity index (χ1) is 12.9. The molecule has 3 rings (SSSR count). The molecule has 1 aliphatic rings. The molecule has 1 amide bonds. The van der Waals surface area contributed by atoms with Gasteiger partial charge in [0.1, 0.15) is 5.75 Å². The van der Waals surface area contributed by atoms with Crippen LogP contribution in [0.5, 0.6) is 5.75 Å². The van der Waals surface area contributed by atoms with Crippen molar-refractivity contribution in [1.29, 1.82) is 0 Å². The summed E-state index contributed by atoms with van der Waals surface area (Å²) in [6.07, 6.45) is 0.400. The highest BCUT2D eigenvalue weighted by atomic mass is 32.2. The molecule has 0 aliphatic carbocycles. The van der Waals surface area contributed by atoms with E-state index in [1.807, 2.05) is 38.1 Å². The molecule has 0 radical (unpaired) electrons. The molecule has 1 atom stereocenters. The molecule has 0 spiro atoms. The largest absolute Gasteiger partial charge is 0.494 e. The number of carbonyl (C=O) groups is 1. The predicted octanol–water partition coefficient (Wildman–Crippen LogP) is 3.39. The van der Waals surface area contributed by atoms with E-state index in [9.17, 15) is 13.2 Å². The highest BCUT2D eigenvalue weighted by Crippen LogP contribution is 2.36. The standard InChI is InChI=1S/C19H22N2O4S2/c1-3-25-15-6-4-14(5-7-15)12-20-27(23,24)16-8-9-18-17(11-16)21-19(22)10-13(2)26-18/h4-9,11,13,20H,3,10,12H2,1-2H3,(H,21,22). The van der Waals surface area contributed by atoms with E-state index in [-0.39, 0.29) is 22.6 Å². The van der Waals surface area contributed by atoms with Crippen molar-refractivity contribution in [3.63, 3.8) is 0 Å². The van der Waals surface area contributed by atoms with Crippen molar-refractivity contribution in [3.8, 4) is 5.75 Å². The lowest BCUT2D eigenvalue weighted by Crippen LogP contribution is -2.23. The Morgan fingerprint density at radius 1 is 1.22 bits per heavy atom. The second-order valence-electron chi connectivity index (χ2n) is 6.24. The number of fused-ring (bicyclic) bond motifs is 1. The van der Waals surface area contributed by atoms with E-state index in [0.717, 1.165) is 16.2 Å². The third-order valence-corrected chi connectivity index (χ3v) is 6.61. The molecule has 1 aliphatic heterocycles. The maximum absolute atomic E-state index is 12.6. The molecule has 0 aromatic heterocycles. The van der Waals surface area contributed by atoms with Crippen LogP contribution in [0.15, 0.2) is 52.3 Å². The van der Waals surface area contributed by atoms with E-state index in [2.05, 4.69) is 10.0 Å². The first-order valence-electron chi connectivity index (χ1n) is 8.69. The fourth-order valence-corrected chi connectivity index (χ4v) is 4.82. The second-order valence-corrected chi connectivity index (χ2v) is 9.49. The van der Waals surface area contributed by atoms with Gasteiger partial charge in [-0.1, -0.05) is 19.1 Å². The van der Waals surface area contributed by atoms with Gasteiger partial charge in [0.2, 0.25) is 15.9 Å². The molecule has 0 saturated heterocycles. The molecular weight excluding hydrogens is 384 g/mol. The minimum absolute atomic E-state index is 0.106. The van der Waals surface area contributed by atoms with Crippen molar-refractivity contribution >= 4 is 33.4 Å². The number of hydrogen-bond acceptors (Lipinski definition) is 5. The van der Waals surface area contributed by atoms with E-state index in [1.165, 1.54) is 6.07 Å². The lowest BCUT2D eigenvalue weighted by Gasteiger charge is -2.11. The minimum atomic E-state index is -3.70. The first-order valence-corrected chi connectivity index (χ1v) is 11.1. The lowest BCUT2D eigenvalue weighted by molar-refractivity contribution is -0.116. The summed E-state index contributed by atoms with van der Waals surface area (Å²) in [5.41, 5.74) is 1.37. The van der Waals surface area contributed by atoms with Crippen molar-refractivity contribution in [1.82, 2.24) is 4.72 Å². The fraction of sp³-hybridized carbons (Fsp3) is 0.316. The summed E-state index contributed by atoms with van der Waals surface area (Å²) < 4.78 is 33.3.